The third kappa shape index (κ3) is 2.90. The molecule has 106 valence electrons. The van der Waals surface area contributed by atoms with Crippen molar-refractivity contribution in [2.75, 3.05) is 38.6 Å². The molecule has 1 fully saturated rings. The molecule has 2 rings (SSSR count). The third-order valence-corrected chi connectivity index (χ3v) is 4.12. The Labute approximate surface area is 115 Å². The Morgan fingerprint density at radius 2 is 2.05 bits per heavy atom. The molecule has 1 atom stereocenters. The van der Waals surface area contributed by atoms with E-state index in [2.05, 4.69) is 36.0 Å². The van der Waals surface area contributed by atoms with Gasteiger partial charge in [-0.15, -0.1) is 0 Å². The highest BCUT2D eigenvalue weighted by molar-refractivity contribution is 5.50. The standard InChI is InChI=1S/C15H24FN3/c1-15(2)11-19(12(9-17-3)10-18(15)4)14-8-6-5-7-13(14)16/h5-8,12,17H,9-11H2,1-4H3. The molecule has 0 aromatic heterocycles. The normalized spacial score (nSPS) is 23.6. The molecule has 1 unspecified atom stereocenters. The van der Waals surface area contributed by atoms with Crippen molar-refractivity contribution in [3.8, 4) is 0 Å². The van der Waals surface area contributed by atoms with E-state index < -0.39 is 0 Å². The zero-order valence-corrected chi connectivity index (χ0v) is 12.3. The van der Waals surface area contributed by atoms with Crippen LogP contribution in [0.5, 0.6) is 0 Å². The van der Waals surface area contributed by atoms with Crippen LogP contribution in [0.2, 0.25) is 0 Å². The topological polar surface area (TPSA) is 18.5 Å². The van der Waals surface area contributed by atoms with E-state index in [1.807, 2.05) is 19.2 Å². The average molecular weight is 265 g/mol. The van der Waals surface area contributed by atoms with Gasteiger partial charge in [-0.2, -0.15) is 0 Å². The minimum atomic E-state index is -0.135. The molecule has 1 heterocycles. The molecule has 1 N–H and O–H groups in total. The van der Waals surface area contributed by atoms with Crippen molar-refractivity contribution >= 4 is 5.69 Å². The van der Waals surface area contributed by atoms with Crippen LogP contribution in [0.1, 0.15) is 13.8 Å². The zero-order valence-electron chi connectivity index (χ0n) is 12.3. The second-order valence-corrected chi connectivity index (χ2v) is 5.98. The molecule has 1 aromatic carbocycles. The van der Waals surface area contributed by atoms with E-state index in [9.17, 15) is 4.39 Å². The van der Waals surface area contributed by atoms with E-state index in [0.717, 1.165) is 19.6 Å². The summed E-state index contributed by atoms with van der Waals surface area (Å²) in [6.45, 7) is 7.03. The molecule has 1 aromatic rings. The average Bonchev–Trinajstić information content (AvgIpc) is 2.35. The number of likely N-dealkylation sites (N-methyl/N-ethyl adjacent to an activating group) is 2. The highest BCUT2D eigenvalue weighted by atomic mass is 19.1. The fraction of sp³-hybridized carbons (Fsp3) is 0.600. The Bertz CT molecular complexity index is 433. The van der Waals surface area contributed by atoms with Gasteiger partial charge >= 0.3 is 0 Å². The van der Waals surface area contributed by atoms with E-state index in [0.29, 0.717) is 11.7 Å². The van der Waals surface area contributed by atoms with E-state index in [-0.39, 0.29) is 11.4 Å². The van der Waals surface area contributed by atoms with Crippen molar-refractivity contribution in [1.82, 2.24) is 10.2 Å². The first-order chi connectivity index (χ1) is 8.95. The summed E-state index contributed by atoms with van der Waals surface area (Å²) in [5.41, 5.74) is 0.760. The van der Waals surface area contributed by atoms with Gasteiger partial charge in [0, 0.05) is 25.2 Å². The van der Waals surface area contributed by atoms with E-state index in [1.54, 1.807) is 6.07 Å². The summed E-state index contributed by atoms with van der Waals surface area (Å²) in [5, 5.41) is 3.21. The van der Waals surface area contributed by atoms with Crippen molar-refractivity contribution < 1.29 is 4.39 Å². The Morgan fingerprint density at radius 1 is 1.37 bits per heavy atom. The molecule has 1 aliphatic rings. The number of benzene rings is 1. The van der Waals surface area contributed by atoms with Crippen LogP contribution < -0.4 is 10.2 Å². The molecule has 19 heavy (non-hydrogen) atoms. The predicted molar refractivity (Wildman–Crippen MR) is 78.2 cm³/mol. The van der Waals surface area contributed by atoms with Gasteiger partial charge < -0.3 is 10.2 Å². The maximum absolute atomic E-state index is 14.1. The first-order valence-electron chi connectivity index (χ1n) is 6.83. The molecule has 0 spiro atoms. The van der Waals surface area contributed by atoms with Crippen LogP contribution in [0.15, 0.2) is 24.3 Å². The lowest BCUT2D eigenvalue weighted by Crippen LogP contribution is -2.64. The zero-order chi connectivity index (χ0) is 14.0. The number of nitrogens with zero attached hydrogens (tertiary/aromatic N) is 2. The lowest BCUT2D eigenvalue weighted by atomic mass is 9.95. The van der Waals surface area contributed by atoms with Gasteiger partial charge in [0.2, 0.25) is 0 Å². The molecule has 0 aliphatic carbocycles. The second-order valence-electron chi connectivity index (χ2n) is 5.98. The fourth-order valence-corrected chi connectivity index (χ4v) is 2.71. The van der Waals surface area contributed by atoms with Crippen LogP contribution >= 0.6 is 0 Å². The van der Waals surface area contributed by atoms with Gasteiger partial charge in [-0.1, -0.05) is 12.1 Å². The minimum absolute atomic E-state index is 0.0481. The summed E-state index contributed by atoms with van der Waals surface area (Å²) < 4.78 is 14.1. The lowest BCUT2D eigenvalue weighted by Gasteiger charge is -2.50. The SMILES string of the molecule is CNCC1CN(C)C(C)(C)CN1c1ccccc1F. The Hall–Kier alpha value is -1.13. The highest BCUT2D eigenvalue weighted by Gasteiger charge is 2.37. The van der Waals surface area contributed by atoms with Gasteiger partial charge in [-0.3, -0.25) is 4.90 Å². The monoisotopic (exact) mass is 265 g/mol. The number of halogens is 1. The van der Waals surface area contributed by atoms with Crippen LogP contribution in [0, 0.1) is 5.82 Å². The number of hydrogen-bond donors (Lipinski definition) is 1. The van der Waals surface area contributed by atoms with Crippen molar-refractivity contribution in [3.63, 3.8) is 0 Å². The Morgan fingerprint density at radius 3 is 2.68 bits per heavy atom. The lowest BCUT2D eigenvalue weighted by molar-refractivity contribution is 0.114. The molecule has 0 bridgehead atoms. The van der Waals surface area contributed by atoms with E-state index in [4.69, 9.17) is 0 Å². The van der Waals surface area contributed by atoms with Crippen molar-refractivity contribution in [2.24, 2.45) is 0 Å². The molecular formula is C15H24FN3. The minimum Gasteiger partial charge on any atom is -0.362 e. The van der Waals surface area contributed by atoms with Crippen molar-refractivity contribution in [1.29, 1.82) is 0 Å². The van der Waals surface area contributed by atoms with Crippen LogP contribution in [0.25, 0.3) is 0 Å². The predicted octanol–water partition coefficient (Wildman–Crippen LogP) is 1.94. The van der Waals surface area contributed by atoms with Crippen LogP contribution in [0.3, 0.4) is 0 Å². The van der Waals surface area contributed by atoms with Gasteiger partial charge in [0.05, 0.1) is 11.7 Å². The second kappa shape index (κ2) is 5.47. The van der Waals surface area contributed by atoms with Gasteiger partial charge in [0.25, 0.3) is 0 Å². The Kier molecular flexibility index (Phi) is 4.11. The maximum atomic E-state index is 14.1. The molecule has 1 aliphatic heterocycles. The number of anilines is 1. The quantitative estimate of drug-likeness (QED) is 0.901. The molecule has 0 amide bonds. The molecule has 1 saturated heterocycles. The van der Waals surface area contributed by atoms with Gasteiger partial charge in [0.15, 0.2) is 0 Å². The summed E-state index contributed by atoms with van der Waals surface area (Å²) >= 11 is 0. The number of nitrogens with one attached hydrogen (secondary N) is 1. The summed E-state index contributed by atoms with van der Waals surface area (Å²) in [6, 6.07) is 7.35. The fourth-order valence-electron chi connectivity index (χ4n) is 2.71. The summed E-state index contributed by atoms with van der Waals surface area (Å²) in [6.07, 6.45) is 0. The van der Waals surface area contributed by atoms with E-state index in [1.165, 1.54) is 6.07 Å². The van der Waals surface area contributed by atoms with Crippen molar-refractivity contribution in [2.45, 2.75) is 25.4 Å². The van der Waals surface area contributed by atoms with Crippen LogP contribution in [-0.4, -0.2) is 50.2 Å². The summed E-state index contributed by atoms with van der Waals surface area (Å²) in [5.74, 6) is -0.135. The number of piperazine rings is 1. The molecular weight excluding hydrogens is 241 g/mol. The van der Waals surface area contributed by atoms with E-state index >= 15 is 0 Å². The highest BCUT2D eigenvalue weighted by Crippen LogP contribution is 2.29. The number of para-hydroxylation sites is 1. The smallest absolute Gasteiger partial charge is 0.146 e. The first kappa shape index (κ1) is 14.3. The van der Waals surface area contributed by atoms with Crippen LogP contribution in [-0.2, 0) is 0 Å². The summed E-state index contributed by atoms with van der Waals surface area (Å²) in [7, 11) is 4.08. The van der Waals surface area contributed by atoms with Gasteiger partial charge in [0.1, 0.15) is 5.82 Å². The van der Waals surface area contributed by atoms with Crippen molar-refractivity contribution in [3.05, 3.63) is 30.1 Å². The third-order valence-electron chi connectivity index (χ3n) is 4.12. The molecule has 0 saturated carbocycles. The number of hydrogen-bond acceptors (Lipinski definition) is 3. The largest absolute Gasteiger partial charge is 0.362 e. The van der Waals surface area contributed by atoms with Crippen LogP contribution in [0.4, 0.5) is 10.1 Å². The van der Waals surface area contributed by atoms with Gasteiger partial charge in [-0.25, -0.2) is 4.39 Å². The first-order valence-corrected chi connectivity index (χ1v) is 6.83. The molecule has 3 nitrogen and oxygen atoms in total. The Balaban J connectivity index is 2.31. The summed E-state index contributed by atoms with van der Waals surface area (Å²) in [4.78, 5) is 4.55. The van der Waals surface area contributed by atoms with Gasteiger partial charge in [-0.05, 0) is 40.1 Å². The maximum Gasteiger partial charge on any atom is 0.146 e. The molecule has 0 radical (unpaired) electrons. The molecule has 4 heteroatoms. The number of rotatable bonds is 3.